The minimum absolute atomic E-state index is 0.0534. The van der Waals surface area contributed by atoms with Crippen LogP contribution in [0.1, 0.15) is 24.8 Å². The quantitative estimate of drug-likeness (QED) is 0.543. The Balaban J connectivity index is 1.34. The fourth-order valence-electron chi connectivity index (χ4n) is 4.78. The van der Waals surface area contributed by atoms with Gasteiger partial charge in [-0.15, -0.1) is 0 Å². The molecule has 0 aliphatic carbocycles. The lowest BCUT2D eigenvalue weighted by molar-refractivity contribution is -0.149. The number of anilines is 1. The predicted molar refractivity (Wildman–Crippen MR) is 135 cm³/mol. The maximum Gasteiger partial charge on any atom is 0.322 e. The Labute approximate surface area is 211 Å². The highest BCUT2D eigenvalue weighted by Gasteiger charge is 2.40. The normalized spacial score (nSPS) is 24.1. The number of para-hydroxylation sites is 2. The highest BCUT2D eigenvalue weighted by molar-refractivity contribution is 5.91. The second kappa shape index (κ2) is 12.7. The summed E-state index contributed by atoms with van der Waals surface area (Å²) in [6.07, 6.45) is 0.849. The van der Waals surface area contributed by atoms with Crippen LogP contribution in [0.4, 0.5) is 10.5 Å². The Morgan fingerprint density at radius 3 is 2.67 bits per heavy atom. The summed E-state index contributed by atoms with van der Waals surface area (Å²) in [6.45, 7) is 1.04. The average molecular weight is 498 g/mol. The van der Waals surface area contributed by atoms with Crippen molar-refractivity contribution >= 4 is 17.6 Å². The summed E-state index contributed by atoms with van der Waals surface area (Å²) >= 11 is 0. The molecule has 36 heavy (non-hydrogen) atoms. The smallest absolute Gasteiger partial charge is 0.322 e. The Kier molecular flexibility index (Phi) is 9.16. The number of fused-ring (bicyclic) bond motifs is 1. The van der Waals surface area contributed by atoms with Crippen LogP contribution in [0.15, 0.2) is 54.6 Å². The van der Waals surface area contributed by atoms with Crippen molar-refractivity contribution in [1.29, 1.82) is 0 Å². The van der Waals surface area contributed by atoms with E-state index in [4.69, 9.17) is 14.2 Å². The van der Waals surface area contributed by atoms with E-state index in [9.17, 15) is 14.7 Å². The van der Waals surface area contributed by atoms with Gasteiger partial charge in [-0.25, -0.2) is 4.79 Å². The number of nitrogens with one attached hydrogen (secondary N) is 2. The first kappa shape index (κ1) is 25.9. The number of rotatable bonds is 7. The van der Waals surface area contributed by atoms with E-state index in [1.807, 2.05) is 42.5 Å². The Hall–Kier alpha value is -3.14. The molecule has 9 nitrogen and oxygen atoms in total. The third kappa shape index (κ3) is 6.96. The van der Waals surface area contributed by atoms with Crippen LogP contribution in [0.2, 0.25) is 0 Å². The minimum atomic E-state index is -0.803. The Bertz CT molecular complexity index is 1000. The van der Waals surface area contributed by atoms with Crippen LogP contribution in [-0.4, -0.2) is 79.7 Å². The molecule has 0 radical (unpaired) electrons. The molecule has 0 bridgehead atoms. The van der Waals surface area contributed by atoms with Crippen molar-refractivity contribution in [2.45, 2.75) is 50.0 Å². The van der Waals surface area contributed by atoms with E-state index in [-0.39, 0.29) is 50.3 Å². The number of hydrogen-bond acceptors (Lipinski definition) is 6. The average Bonchev–Trinajstić information content (AvgIpc) is 2.87. The number of aliphatic hydroxyl groups is 1. The third-order valence-electron chi connectivity index (χ3n) is 6.58. The number of nitrogens with zero attached hydrogens (tertiary/aromatic N) is 1. The summed E-state index contributed by atoms with van der Waals surface area (Å²) < 4.78 is 17.3. The zero-order valence-electron chi connectivity index (χ0n) is 20.6. The Morgan fingerprint density at radius 1 is 1.08 bits per heavy atom. The number of carbonyl (C=O) groups excluding carboxylic acids is 2. The highest BCUT2D eigenvalue weighted by atomic mass is 16.5. The van der Waals surface area contributed by atoms with Gasteiger partial charge in [-0.2, -0.15) is 0 Å². The summed E-state index contributed by atoms with van der Waals surface area (Å²) in [6, 6.07) is 16.6. The molecule has 3 N–H and O–H groups in total. The first-order valence-electron chi connectivity index (χ1n) is 12.5. The third-order valence-corrected chi connectivity index (χ3v) is 6.58. The number of urea groups is 1. The van der Waals surface area contributed by atoms with Crippen LogP contribution in [0.5, 0.6) is 5.75 Å². The number of aliphatic hydroxyl groups excluding tert-OH is 1. The largest absolute Gasteiger partial charge is 0.495 e. The fraction of sp³-hybridized carbons (Fsp3) is 0.481. The lowest BCUT2D eigenvalue weighted by Crippen LogP contribution is -2.58. The molecule has 194 valence electrons. The van der Waals surface area contributed by atoms with Crippen LogP contribution >= 0.6 is 0 Å². The number of methoxy groups -OCH3 is 1. The molecule has 0 unspecified atom stereocenters. The fourth-order valence-corrected chi connectivity index (χ4v) is 4.78. The number of carbonyl (C=O) groups is 2. The molecule has 4 atom stereocenters. The second-order valence-electron chi connectivity index (χ2n) is 9.20. The van der Waals surface area contributed by atoms with Gasteiger partial charge in [-0.3, -0.25) is 4.79 Å². The molecule has 3 amide bonds. The lowest BCUT2D eigenvalue weighted by Gasteiger charge is -2.44. The number of β-amino-alcohol motifs (C(OH)–C–C–N with tert-alkyl or cyclic N) is 1. The highest BCUT2D eigenvalue weighted by Crippen LogP contribution is 2.29. The van der Waals surface area contributed by atoms with Crippen LogP contribution in [0, 0.1) is 0 Å². The van der Waals surface area contributed by atoms with E-state index in [1.165, 1.54) is 5.56 Å². The molecule has 4 rings (SSSR count). The maximum atomic E-state index is 13.3. The molecule has 0 saturated carbocycles. The molecule has 0 aromatic heterocycles. The molecule has 2 aliphatic rings. The van der Waals surface area contributed by atoms with E-state index in [0.717, 1.165) is 6.42 Å². The molecule has 2 fully saturated rings. The van der Waals surface area contributed by atoms with E-state index >= 15 is 0 Å². The molecule has 2 heterocycles. The standard InChI is InChI=1S/C27H35N3O6/c1-34-24-10-6-5-9-22(24)29-27(33)30-16-20(31)17-35-18-25-23(30)12-11-21(36-25)15-26(32)28-14-13-19-7-3-2-4-8-19/h2-10,20-21,23,25,31H,11-18H2,1H3,(H,28,32)(H,29,33)/t20-,21-,23-,25+/m0/s1. The number of hydrogen-bond donors (Lipinski definition) is 3. The number of amides is 3. The number of ether oxygens (including phenoxy) is 3. The molecular weight excluding hydrogens is 462 g/mol. The van der Waals surface area contributed by atoms with Gasteiger partial charge in [-0.1, -0.05) is 42.5 Å². The van der Waals surface area contributed by atoms with Crippen molar-refractivity contribution in [3.05, 3.63) is 60.2 Å². The van der Waals surface area contributed by atoms with Gasteiger partial charge >= 0.3 is 6.03 Å². The van der Waals surface area contributed by atoms with Crippen LogP contribution in [0.25, 0.3) is 0 Å². The second-order valence-corrected chi connectivity index (χ2v) is 9.20. The summed E-state index contributed by atoms with van der Waals surface area (Å²) in [5, 5.41) is 16.2. The van der Waals surface area contributed by atoms with Gasteiger partial charge < -0.3 is 34.9 Å². The zero-order chi connectivity index (χ0) is 25.3. The van der Waals surface area contributed by atoms with Crippen LogP contribution in [0.3, 0.4) is 0 Å². The topological polar surface area (TPSA) is 109 Å². The maximum absolute atomic E-state index is 13.3. The van der Waals surface area contributed by atoms with Gasteiger partial charge in [0.05, 0.1) is 57.2 Å². The van der Waals surface area contributed by atoms with Crippen molar-refractivity contribution in [3.8, 4) is 5.75 Å². The minimum Gasteiger partial charge on any atom is -0.495 e. The molecular formula is C27H35N3O6. The van der Waals surface area contributed by atoms with Gasteiger partial charge in [-0.05, 0) is 37.0 Å². The van der Waals surface area contributed by atoms with Crippen molar-refractivity contribution < 1.29 is 28.9 Å². The van der Waals surface area contributed by atoms with Crippen LogP contribution < -0.4 is 15.4 Å². The van der Waals surface area contributed by atoms with Gasteiger partial charge in [0.15, 0.2) is 0 Å². The van der Waals surface area contributed by atoms with Gasteiger partial charge in [0, 0.05) is 6.54 Å². The van der Waals surface area contributed by atoms with E-state index in [1.54, 1.807) is 24.1 Å². The van der Waals surface area contributed by atoms with Crippen molar-refractivity contribution in [2.24, 2.45) is 0 Å². The van der Waals surface area contributed by atoms with Gasteiger partial charge in [0.25, 0.3) is 0 Å². The summed E-state index contributed by atoms with van der Waals surface area (Å²) in [5.74, 6) is 0.499. The SMILES string of the molecule is COc1ccccc1NC(=O)N1C[C@H](O)COC[C@H]2O[C@H](CC(=O)NCCc3ccccc3)CC[C@@H]21. The number of benzene rings is 2. The van der Waals surface area contributed by atoms with Crippen molar-refractivity contribution in [3.63, 3.8) is 0 Å². The molecule has 2 saturated heterocycles. The molecule has 2 aromatic carbocycles. The van der Waals surface area contributed by atoms with Crippen LogP contribution in [-0.2, 0) is 20.7 Å². The van der Waals surface area contributed by atoms with E-state index in [0.29, 0.717) is 30.8 Å². The lowest BCUT2D eigenvalue weighted by atomic mass is 9.95. The molecule has 9 heteroatoms. The van der Waals surface area contributed by atoms with E-state index < -0.39 is 12.2 Å². The van der Waals surface area contributed by atoms with Gasteiger partial charge in [0.2, 0.25) is 5.91 Å². The summed E-state index contributed by atoms with van der Waals surface area (Å²) in [7, 11) is 1.55. The summed E-state index contributed by atoms with van der Waals surface area (Å²) in [5.41, 5.74) is 1.73. The summed E-state index contributed by atoms with van der Waals surface area (Å²) in [4.78, 5) is 27.4. The van der Waals surface area contributed by atoms with Crippen molar-refractivity contribution in [2.75, 3.05) is 38.7 Å². The molecule has 2 aliphatic heterocycles. The molecule has 2 aromatic rings. The first-order chi connectivity index (χ1) is 17.5. The van der Waals surface area contributed by atoms with Gasteiger partial charge in [0.1, 0.15) is 11.9 Å². The Morgan fingerprint density at radius 2 is 1.86 bits per heavy atom. The monoisotopic (exact) mass is 497 g/mol. The van der Waals surface area contributed by atoms with E-state index in [2.05, 4.69) is 10.6 Å². The van der Waals surface area contributed by atoms with Crippen molar-refractivity contribution in [1.82, 2.24) is 10.2 Å². The predicted octanol–water partition coefficient (Wildman–Crippen LogP) is 2.59. The molecule has 0 spiro atoms. The first-order valence-corrected chi connectivity index (χ1v) is 12.5. The zero-order valence-corrected chi connectivity index (χ0v) is 20.6.